The second kappa shape index (κ2) is 13.2. The molecule has 238 valence electrons. The van der Waals surface area contributed by atoms with Crippen molar-refractivity contribution in [2.75, 3.05) is 56.7 Å². The number of hydrogen-bond acceptors (Lipinski definition) is 9. The van der Waals surface area contributed by atoms with E-state index in [9.17, 15) is 14.0 Å². The first-order valence-corrected chi connectivity index (χ1v) is 15.8. The molecular weight excluding hydrogens is 599 g/mol. The average molecular weight is 637 g/mol. The molecule has 2 unspecified atom stereocenters. The lowest BCUT2D eigenvalue weighted by Gasteiger charge is -2.33. The van der Waals surface area contributed by atoms with Crippen molar-refractivity contribution in [3.05, 3.63) is 64.2 Å². The molecule has 6 rings (SSSR count). The maximum absolute atomic E-state index is 14.9. The van der Waals surface area contributed by atoms with Gasteiger partial charge in [0.25, 0.3) is 5.91 Å². The van der Waals surface area contributed by atoms with Gasteiger partial charge < -0.3 is 30.1 Å². The zero-order valence-electron chi connectivity index (χ0n) is 25.7. The number of carbonyl (C=O) groups is 2. The van der Waals surface area contributed by atoms with E-state index in [4.69, 9.17) is 16.3 Å². The largest absolute Gasteiger partial charge is 0.381 e. The number of benzene rings is 1. The Bertz CT molecular complexity index is 1580. The van der Waals surface area contributed by atoms with Gasteiger partial charge in [0.15, 0.2) is 0 Å². The molecule has 3 aliphatic rings. The van der Waals surface area contributed by atoms with Gasteiger partial charge >= 0.3 is 0 Å². The average Bonchev–Trinajstić information content (AvgIpc) is 3.38. The lowest BCUT2D eigenvalue weighted by Crippen LogP contribution is -2.46. The first-order chi connectivity index (χ1) is 21.7. The molecule has 2 aromatic heterocycles. The number of nitrogens with zero attached hydrogens (tertiary/aromatic N) is 6. The topological polar surface area (TPSA) is 116 Å². The Balaban J connectivity index is 1.13. The highest BCUT2D eigenvalue weighted by Crippen LogP contribution is 2.33. The van der Waals surface area contributed by atoms with Gasteiger partial charge in [0.1, 0.15) is 23.4 Å². The number of nitrogens with one attached hydrogen (secondary N) is 2. The van der Waals surface area contributed by atoms with Gasteiger partial charge in [-0.3, -0.25) is 9.59 Å². The molecule has 3 aliphatic heterocycles. The van der Waals surface area contributed by atoms with Crippen LogP contribution in [0.1, 0.15) is 54.3 Å². The Morgan fingerprint density at radius 1 is 1.09 bits per heavy atom. The van der Waals surface area contributed by atoms with E-state index in [-0.39, 0.29) is 24.2 Å². The van der Waals surface area contributed by atoms with E-state index in [1.54, 1.807) is 32.2 Å². The Kier molecular flexibility index (Phi) is 9.16. The van der Waals surface area contributed by atoms with Crippen LogP contribution in [0.3, 0.4) is 0 Å². The summed E-state index contributed by atoms with van der Waals surface area (Å²) in [7, 11) is 2.07. The summed E-state index contributed by atoms with van der Waals surface area (Å²) in [5.41, 5.74) is 2.65. The summed E-state index contributed by atoms with van der Waals surface area (Å²) in [5, 5.41) is 6.59. The summed E-state index contributed by atoms with van der Waals surface area (Å²) in [5.74, 6) is 0.00563. The quantitative estimate of drug-likeness (QED) is 0.380. The lowest BCUT2D eigenvalue weighted by molar-refractivity contribution is -0.125. The third kappa shape index (κ3) is 6.73. The second-order valence-electron chi connectivity index (χ2n) is 12.0. The summed E-state index contributed by atoms with van der Waals surface area (Å²) < 4.78 is 20.3. The SMILES string of the molecule is CC(NC(=O)C(C)N1Cc2ccc(-c3nc(NC4CCOCC4)ncc3Cl)cc2C1=O)c1nc(N2CCN(C)CC2)ccc1F. The van der Waals surface area contributed by atoms with Gasteiger partial charge in [-0.15, -0.1) is 0 Å². The molecular formula is C32H38ClFN8O3. The maximum atomic E-state index is 14.9. The van der Waals surface area contributed by atoms with Gasteiger partial charge in [0.05, 0.1) is 23.0 Å². The van der Waals surface area contributed by atoms with Gasteiger partial charge in [-0.2, -0.15) is 0 Å². The van der Waals surface area contributed by atoms with E-state index >= 15 is 0 Å². The molecule has 0 spiro atoms. The third-order valence-corrected chi connectivity index (χ3v) is 9.09. The number of aromatic nitrogens is 3. The first kappa shape index (κ1) is 31.1. The van der Waals surface area contributed by atoms with Gasteiger partial charge in [-0.05, 0) is 57.5 Å². The van der Waals surface area contributed by atoms with Gasteiger partial charge in [-0.1, -0.05) is 23.7 Å². The van der Waals surface area contributed by atoms with Crippen LogP contribution in [0.15, 0.2) is 36.5 Å². The fraction of sp³-hybridized carbons (Fsp3) is 0.469. The predicted octanol–water partition coefficient (Wildman–Crippen LogP) is 3.90. The van der Waals surface area contributed by atoms with Crippen molar-refractivity contribution in [2.45, 2.75) is 51.4 Å². The molecule has 11 nitrogen and oxygen atoms in total. The number of anilines is 2. The number of piperazine rings is 1. The molecule has 2 amide bonds. The van der Waals surface area contributed by atoms with E-state index in [0.717, 1.165) is 44.6 Å². The summed E-state index contributed by atoms with van der Waals surface area (Å²) >= 11 is 6.49. The molecule has 2 atom stereocenters. The zero-order valence-corrected chi connectivity index (χ0v) is 26.5. The van der Waals surface area contributed by atoms with E-state index in [1.165, 1.54) is 11.0 Å². The fourth-order valence-corrected chi connectivity index (χ4v) is 6.15. The first-order valence-electron chi connectivity index (χ1n) is 15.4. The number of pyridine rings is 1. The predicted molar refractivity (Wildman–Crippen MR) is 170 cm³/mol. The Morgan fingerprint density at radius 2 is 1.84 bits per heavy atom. The van der Waals surface area contributed by atoms with Crippen LogP contribution >= 0.6 is 11.6 Å². The molecule has 2 saturated heterocycles. The molecule has 0 bridgehead atoms. The molecule has 45 heavy (non-hydrogen) atoms. The summed E-state index contributed by atoms with van der Waals surface area (Å²) in [6, 6.07) is 7.30. The smallest absolute Gasteiger partial charge is 0.255 e. The third-order valence-electron chi connectivity index (χ3n) is 8.82. The normalized spacial score (nSPS) is 18.9. The fourth-order valence-electron chi connectivity index (χ4n) is 5.95. The molecule has 0 saturated carbocycles. The molecule has 2 N–H and O–H groups in total. The van der Waals surface area contributed by atoms with Gasteiger partial charge in [0.2, 0.25) is 11.9 Å². The van der Waals surface area contributed by atoms with E-state index < -0.39 is 23.8 Å². The van der Waals surface area contributed by atoms with Crippen LogP contribution in [0.5, 0.6) is 0 Å². The van der Waals surface area contributed by atoms with Crippen molar-refractivity contribution >= 4 is 35.2 Å². The minimum Gasteiger partial charge on any atom is -0.381 e. The Hall–Kier alpha value is -3.87. The summed E-state index contributed by atoms with van der Waals surface area (Å²) in [4.78, 5) is 46.3. The summed E-state index contributed by atoms with van der Waals surface area (Å²) in [6.07, 6.45) is 3.28. The van der Waals surface area contributed by atoms with Crippen molar-refractivity contribution in [3.63, 3.8) is 0 Å². The van der Waals surface area contributed by atoms with Crippen molar-refractivity contribution < 1.29 is 18.7 Å². The molecule has 3 aromatic rings. The highest BCUT2D eigenvalue weighted by Gasteiger charge is 2.35. The second-order valence-corrected chi connectivity index (χ2v) is 12.4. The summed E-state index contributed by atoms with van der Waals surface area (Å²) in [6.45, 7) is 8.41. The highest BCUT2D eigenvalue weighted by atomic mass is 35.5. The van der Waals surface area contributed by atoms with E-state index in [0.29, 0.717) is 46.8 Å². The molecule has 0 radical (unpaired) electrons. The molecule has 13 heteroatoms. The van der Waals surface area contributed by atoms with Crippen LogP contribution in [0, 0.1) is 5.82 Å². The molecule has 0 aliphatic carbocycles. The van der Waals surface area contributed by atoms with Crippen molar-refractivity contribution in [1.29, 1.82) is 0 Å². The standard InChI is InChI=1S/C32H38ClFN8O3/c1-19(28-26(34)6-7-27(38-28)41-12-10-40(3)11-13-41)36-30(43)20(2)42-18-22-5-4-21(16-24(22)31(42)44)29-25(33)17-35-32(39-29)37-23-8-14-45-15-9-23/h4-7,16-17,19-20,23H,8-15,18H2,1-3H3,(H,36,43)(H,35,37,39). The zero-order chi connectivity index (χ0) is 31.7. The van der Waals surface area contributed by atoms with Crippen LogP contribution < -0.4 is 15.5 Å². The van der Waals surface area contributed by atoms with E-state index in [2.05, 4.69) is 42.4 Å². The van der Waals surface area contributed by atoms with E-state index in [1.807, 2.05) is 12.1 Å². The number of carbonyl (C=O) groups excluding carboxylic acids is 2. The number of hydrogen-bond donors (Lipinski definition) is 2. The Morgan fingerprint density at radius 3 is 2.60 bits per heavy atom. The Labute approximate surface area is 267 Å². The van der Waals surface area contributed by atoms with Crippen LogP contribution in [0.4, 0.5) is 16.2 Å². The van der Waals surface area contributed by atoms with Crippen molar-refractivity contribution in [1.82, 2.24) is 30.1 Å². The minimum atomic E-state index is -0.794. The lowest BCUT2D eigenvalue weighted by atomic mass is 10.0. The number of amides is 2. The number of fused-ring (bicyclic) bond motifs is 1. The van der Waals surface area contributed by atoms with Crippen molar-refractivity contribution in [2.24, 2.45) is 0 Å². The van der Waals surface area contributed by atoms with Crippen LogP contribution in [0.2, 0.25) is 5.02 Å². The van der Waals surface area contributed by atoms with Crippen LogP contribution in [-0.4, -0.2) is 95.1 Å². The number of halogens is 2. The van der Waals surface area contributed by atoms with Gasteiger partial charge in [0, 0.05) is 63.1 Å². The monoisotopic (exact) mass is 636 g/mol. The molecule has 5 heterocycles. The highest BCUT2D eigenvalue weighted by molar-refractivity contribution is 6.33. The van der Waals surface area contributed by atoms with Crippen LogP contribution in [-0.2, 0) is 16.1 Å². The van der Waals surface area contributed by atoms with Crippen molar-refractivity contribution in [3.8, 4) is 11.3 Å². The molecule has 2 fully saturated rings. The number of rotatable bonds is 8. The number of ether oxygens (including phenoxy) is 1. The maximum Gasteiger partial charge on any atom is 0.255 e. The number of likely N-dealkylation sites (N-methyl/N-ethyl adjacent to an activating group) is 1. The minimum absolute atomic E-state index is 0.167. The molecule has 1 aromatic carbocycles. The van der Waals surface area contributed by atoms with Gasteiger partial charge in [-0.25, -0.2) is 19.3 Å². The van der Waals surface area contributed by atoms with Crippen LogP contribution in [0.25, 0.3) is 11.3 Å².